The second kappa shape index (κ2) is 8.86. The average Bonchev–Trinajstić information content (AvgIpc) is 2.82. The number of aryl methyl sites for hydroxylation is 1. The normalized spacial score (nSPS) is 20.2. The fourth-order valence-corrected chi connectivity index (χ4v) is 4.81. The van der Waals surface area contributed by atoms with Crippen molar-refractivity contribution in [3.63, 3.8) is 0 Å². The molecule has 8 nitrogen and oxygen atoms in total. The van der Waals surface area contributed by atoms with Crippen molar-refractivity contribution >= 4 is 28.2 Å². The van der Waals surface area contributed by atoms with E-state index in [1.165, 1.54) is 7.11 Å². The highest BCUT2D eigenvalue weighted by Gasteiger charge is 2.25. The molecule has 0 aliphatic carbocycles. The summed E-state index contributed by atoms with van der Waals surface area (Å²) < 4.78 is 11.0. The lowest BCUT2D eigenvalue weighted by atomic mass is 10.0. The van der Waals surface area contributed by atoms with E-state index in [1.807, 2.05) is 30.3 Å². The van der Waals surface area contributed by atoms with Crippen LogP contribution in [0.5, 0.6) is 11.8 Å². The van der Waals surface area contributed by atoms with Crippen LogP contribution in [0.1, 0.15) is 36.2 Å². The minimum atomic E-state index is -0.217. The Kier molecular flexibility index (Phi) is 5.76. The minimum Gasteiger partial charge on any atom is -0.493 e. The molecule has 2 aromatic carbocycles. The van der Waals surface area contributed by atoms with Gasteiger partial charge in [0, 0.05) is 48.1 Å². The fourth-order valence-electron chi connectivity index (χ4n) is 4.81. The van der Waals surface area contributed by atoms with E-state index in [4.69, 9.17) is 9.47 Å². The van der Waals surface area contributed by atoms with Gasteiger partial charge in [0.25, 0.3) is 5.91 Å². The van der Waals surface area contributed by atoms with Crippen LogP contribution >= 0.6 is 0 Å². The van der Waals surface area contributed by atoms with Gasteiger partial charge in [0.2, 0.25) is 0 Å². The molecule has 2 atom stereocenters. The first kappa shape index (κ1) is 21.5. The lowest BCUT2D eigenvalue weighted by Gasteiger charge is -2.38. The zero-order valence-electron chi connectivity index (χ0n) is 19.2. The first-order valence-electron chi connectivity index (χ1n) is 11.4. The molecule has 2 N–H and O–H groups in total. The van der Waals surface area contributed by atoms with Gasteiger partial charge in [0.1, 0.15) is 5.75 Å². The molecule has 3 aromatic rings. The lowest BCUT2D eigenvalue weighted by Crippen LogP contribution is -2.54. The fraction of sp³-hybridized carbons (Fsp3) is 0.400. The number of methoxy groups -OCH3 is 1. The average molecular weight is 448 g/mol. The van der Waals surface area contributed by atoms with E-state index in [2.05, 4.69) is 39.3 Å². The number of anilines is 2. The molecule has 1 fully saturated rings. The van der Waals surface area contributed by atoms with Crippen LogP contribution in [0.4, 0.5) is 11.4 Å². The van der Waals surface area contributed by atoms with Gasteiger partial charge in [-0.1, -0.05) is 0 Å². The Morgan fingerprint density at radius 1 is 1.21 bits per heavy atom. The van der Waals surface area contributed by atoms with E-state index in [9.17, 15) is 4.79 Å². The molecule has 8 heteroatoms. The first-order valence-corrected chi connectivity index (χ1v) is 11.4. The Hall–Kier alpha value is -3.39. The zero-order valence-corrected chi connectivity index (χ0v) is 19.2. The Morgan fingerprint density at radius 2 is 2.03 bits per heavy atom. The van der Waals surface area contributed by atoms with Gasteiger partial charge in [-0.2, -0.15) is 4.98 Å². The molecular formula is C25H29N5O3. The quantitative estimate of drug-likeness (QED) is 0.634. The Labute approximate surface area is 193 Å². The van der Waals surface area contributed by atoms with Crippen LogP contribution in [-0.4, -0.2) is 54.8 Å². The van der Waals surface area contributed by atoms with Gasteiger partial charge >= 0.3 is 6.01 Å². The van der Waals surface area contributed by atoms with E-state index in [1.54, 1.807) is 6.20 Å². The molecule has 0 radical (unpaired) electrons. The van der Waals surface area contributed by atoms with E-state index >= 15 is 0 Å². The van der Waals surface area contributed by atoms with Crippen molar-refractivity contribution in [1.82, 2.24) is 15.3 Å². The third-order valence-electron chi connectivity index (χ3n) is 6.20. The Morgan fingerprint density at radius 3 is 2.82 bits per heavy atom. The van der Waals surface area contributed by atoms with Gasteiger partial charge in [0.15, 0.2) is 0 Å². The van der Waals surface area contributed by atoms with Crippen LogP contribution < -0.4 is 25.0 Å². The summed E-state index contributed by atoms with van der Waals surface area (Å²) in [6.07, 6.45) is 3.68. The van der Waals surface area contributed by atoms with E-state index in [-0.39, 0.29) is 11.9 Å². The monoisotopic (exact) mass is 447 g/mol. The number of nitrogens with one attached hydrogen (secondary N) is 2. The molecular weight excluding hydrogens is 418 g/mol. The summed E-state index contributed by atoms with van der Waals surface area (Å²) in [5, 5.41) is 7.43. The predicted octanol–water partition coefficient (Wildman–Crippen LogP) is 3.40. The van der Waals surface area contributed by atoms with Crippen molar-refractivity contribution in [3.8, 4) is 11.8 Å². The number of benzene rings is 2. The summed E-state index contributed by atoms with van der Waals surface area (Å²) in [6.45, 7) is 6.83. The number of nitrogens with zero attached hydrogens (tertiary/aromatic N) is 3. The zero-order chi connectivity index (χ0) is 22.9. The molecule has 1 amide bonds. The number of fused-ring (bicyclic) bond motifs is 2. The maximum atomic E-state index is 13.3. The van der Waals surface area contributed by atoms with Crippen LogP contribution in [0.2, 0.25) is 0 Å². The highest BCUT2D eigenvalue weighted by atomic mass is 16.5. The summed E-state index contributed by atoms with van der Waals surface area (Å²) in [6, 6.07) is 10.6. The number of piperazine rings is 1. The summed E-state index contributed by atoms with van der Waals surface area (Å²) >= 11 is 0. The smallest absolute Gasteiger partial charge is 0.316 e. The van der Waals surface area contributed by atoms with E-state index in [0.717, 1.165) is 60.6 Å². The van der Waals surface area contributed by atoms with Gasteiger partial charge in [-0.05, 0) is 62.6 Å². The number of amides is 1. The third-order valence-corrected chi connectivity index (χ3v) is 6.20. The van der Waals surface area contributed by atoms with Crippen molar-refractivity contribution in [2.24, 2.45) is 0 Å². The topological polar surface area (TPSA) is 88.6 Å². The Bertz CT molecular complexity index is 1190. The number of carbonyl (C=O) groups excluding carboxylic acids is 1. The highest BCUT2D eigenvalue weighted by Crippen LogP contribution is 2.32. The standard InChI is InChI=1S/C25H29N5O3/c1-15-13-30(14-16(2)27-15)21-8-7-19(23-20(21)12-26-25(29-23)32-3)24(31)28-18-6-9-22-17(11-18)5-4-10-33-22/h6-9,11-12,15-16,27H,4-5,10,13-14H2,1-3H3,(H,28,31)/t15-,16-/m0/s1. The number of hydrogen-bond donors (Lipinski definition) is 2. The molecule has 5 rings (SSSR count). The second-order valence-electron chi connectivity index (χ2n) is 8.85. The SMILES string of the molecule is COc1ncc2c(N3C[C@H](C)N[C@@H](C)C3)ccc(C(=O)Nc3ccc4c(c3)CCCO4)c2n1. The summed E-state index contributed by atoms with van der Waals surface area (Å²) in [5.41, 5.74) is 3.95. The van der Waals surface area contributed by atoms with Crippen molar-refractivity contribution in [2.75, 3.05) is 37.0 Å². The predicted molar refractivity (Wildman–Crippen MR) is 129 cm³/mol. The molecule has 0 bridgehead atoms. The molecule has 2 aliphatic heterocycles. The number of aromatic nitrogens is 2. The lowest BCUT2D eigenvalue weighted by molar-refractivity contribution is 0.102. The third kappa shape index (κ3) is 4.30. The van der Waals surface area contributed by atoms with Crippen LogP contribution in [0.25, 0.3) is 10.9 Å². The highest BCUT2D eigenvalue weighted by molar-refractivity contribution is 6.13. The van der Waals surface area contributed by atoms with Crippen LogP contribution in [0.15, 0.2) is 36.5 Å². The maximum absolute atomic E-state index is 13.3. The number of carbonyl (C=O) groups is 1. The van der Waals surface area contributed by atoms with Crippen LogP contribution in [0.3, 0.4) is 0 Å². The molecule has 3 heterocycles. The summed E-state index contributed by atoms with van der Waals surface area (Å²) in [5.74, 6) is 0.678. The van der Waals surface area contributed by atoms with Crippen molar-refractivity contribution in [2.45, 2.75) is 38.8 Å². The molecule has 0 unspecified atom stereocenters. The van der Waals surface area contributed by atoms with Crippen molar-refractivity contribution < 1.29 is 14.3 Å². The van der Waals surface area contributed by atoms with Crippen molar-refractivity contribution in [3.05, 3.63) is 47.7 Å². The molecule has 0 spiro atoms. The van der Waals surface area contributed by atoms with Gasteiger partial charge in [0.05, 0.1) is 24.8 Å². The Balaban J connectivity index is 1.50. The minimum absolute atomic E-state index is 0.217. The molecule has 172 valence electrons. The molecule has 0 saturated carbocycles. The summed E-state index contributed by atoms with van der Waals surface area (Å²) in [4.78, 5) is 24.5. The number of ether oxygens (including phenoxy) is 2. The number of rotatable bonds is 4. The van der Waals surface area contributed by atoms with Crippen molar-refractivity contribution in [1.29, 1.82) is 0 Å². The molecule has 1 saturated heterocycles. The van der Waals surface area contributed by atoms with E-state index in [0.29, 0.717) is 23.2 Å². The van der Waals surface area contributed by atoms with Crippen LogP contribution in [0, 0.1) is 0 Å². The summed E-state index contributed by atoms with van der Waals surface area (Å²) in [7, 11) is 1.53. The number of hydrogen-bond acceptors (Lipinski definition) is 7. The maximum Gasteiger partial charge on any atom is 0.316 e. The second-order valence-corrected chi connectivity index (χ2v) is 8.85. The van der Waals surface area contributed by atoms with Gasteiger partial charge in [-0.15, -0.1) is 0 Å². The van der Waals surface area contributed by atoms with Gasteiger partial charge < -0.3 is 25.0 Å². The molecule has 2 aliphatic rings. The largest absolute Gasteiger partial charge is 0.493 e. The molecule has 1 aromatic heterocycles. The van der Waals surface area contributed by atoms with Gasteiger partial charge in [-0.3, -0.25) is 4.79 Å². The van der Waals surface area contributed by atoms with E-state index < -0.39 is 0 Å². The molecule has 33 heavy (non-hydrogen) atoms. The van der Waals surface area contributed by atoms with Gasteiger partial charge in [-0.25, -0.2) is 4.98 Å². The van der Waals surface area contributed by atoms with Crippen LogP contribution in [-0.2, 0) is 6.42 Å². The first-order chi connectivity index (χ1) is 16.0.